The Morgan fingerprint density at radius 2 is 1.92 bits per heavy atom. The summed E-state index contributed by atoms with van der Waals surface area (Å²) < 4.78 is 0. The molecule has 0 spiro atoms. The van der Waals surface area contributed by atoms with Crippen molar-refractivity contribution in [2.45, 2.75) is 13.0 Å². The van der Waals surface area contributed by atoms with E-state index in [0.29, 0.717) is 11.6 Å². The Labute approximate surface area is 152 Å². The molecule has 1 fully saturated rings. The number of benzene rings is 1. The van der Waals surface area contributed by atoms with E-state index in [0.717, 1.165) is 37.7 Å². The molecular weight excluding hydrogens is 338 g/mol. The molecule has 1 saturated heterocycles. The molecule has 1 aromatic heterocycles. The molecule has 3 rings (SSSR count). The number of hydrogen-bond donors (Lipinski definition) is 1. The van der Waals surface area contributed by atoms with E-state index in [9.17, 15) is 4.79 Å². The minimum absolute atomic E-state index is 0.0249. The molecule has 6 nitrogen and oxygen atoms in total. The van der Waals surface area contributed by atoms with Crippen molar-refractivity contribution in [3.05, 3.63) is 53.3 Å². The number of aromatic nitrogens is 2. The van der Waals surface area contributed by atoms with Crippen molar-refractivity contribution < 1.29 is 4.79 Å². The molecule has 1 amide bonds. The number of halogens is 1. The number of carbonyl (C=O) groups excluding carboxylic acids is 1. The summed E-state index contributed by atoms with van der Waals surface area (Å²) in [6.45, 7) is 5.64. The molecule has 1 aliphatic rings. The summed E-state index contributed by atoms with van der Waals surface area (Å²) in [6.07, 6.45) is 3.50. The molecule has 0 saturated carbocycles. The predicted octanol–water partition coefficient (Wildman–Crippen LogP) is 2.13. The van der Waals surface area contributed by atoms with Gasteiger partial charge >= 0.3 is 0 Å². The third-order valence-electron chi connectivity index (χ3n) is 4.30. The SMILES string of the molecule is C[C@@H](NC(=O)CN1CCN(c2ncccn2)CC1)c1cccc(Cl)c1. The van der Waals surface area contributed by atoms with Crippen LogP contribution >= 0.6 is 11.6 Å². The van der Waals surface area contributed by atoms with E-state index in [1.54, 1.807) is 12.4 Å². The zero-order valence-electron chi connectivity index (χ0n) is 14.2. The largest absolute Gasteiger partial charge is 0.348 e. The average Bonchev–Trinajstić information content (AvgIpc) is 2.63. The topological polar surface area (TPSA) is 61.4 Å². The number of nitrogens with one attached hydrogen (secondary N) is 1. The van der Waals surface area contributed by atoms with Gasteiger partial charge in [-0.1, -0.05) is 23.7 Å². The van der Waals surface area contributed by atoms with Crippen LogP contribution in [0.15, 0.2) is 42.7 Å². The Morgan fingerprint density at radius 3 is 2.60 bits per heavy atom. The Hall–Kier alpha value is -2.18. The maximum Gasteiger partial charge on any atom is 0.234 e. The molecule has 0 aliphatic carbocycles. The third kappa shape index (κ3) is 4.90. The van der Waals surface area contributed by atoms with Gasteiger partial charge in [0.1, 0.15) is 0 Å². The number of carbonyl (C=O) groups is 1. The highest BCUT2D eigenvalue weighted by atomic mass is 35.5. The second kappa shape index (κ2) is 8.27. The lowest BCUT2D eigenvalue weighted by atomic mass is 10.1. The number of amides is 1. The van der Waals surface area contributed by atoms with E-state index in [1.165, 1.54) is 0 Å². The summed E-state index contributed by atoms with van der Waals surface area (Å²) in [6, 6.07) is 9.32. The zero-order chi connectivity index (χ0) is 17.6. The van der Waals surface area contributed by atoms with Crippen LogP contribution < -0.4 is 10.2 Å². The third-order valence-corrected chi connectivity index (χ3v) is 4.54. The molecule has 1 atom stereocenters. The minimum atomic E-state index is -0.0646. The molecule has 1 aromatic carbocycles. The molecule has 1 N–H and O–H groups in total. The second-order valence-corrected chi connectivity index (χ2v) is 6.59. The van der Waals surface area contributed by atoms with Gasteiger partial charge in [-0.25, -0.2) is 9.97 Å². The molecule has 132 valence electrons. The van der Waals surface area contributed by atoms with Gasteiger partial charge in [0.25, 0.3) is 0 Å². The lowest BCUT2D eigenvalue weighted by Crippen LogP contribution is -2.50. The molecule has 0 radical (unpaired) electrons. The number of hydrogen-bond acceptors (Lipinski definition) is 5. The van der Waals surface area contributed by atoms with Crippen molar-refractivity contribution >= 4 is 23.5 Å². The van der Waals surface area contributed by atoms with Crippen molar-refractivity contribution in [1.82, 2.24) is 20.2 Å². The molecule has 2 heterocycles. The number of rotatable bonds is 5. The van der Waals surface area contributed by atoms with Crippen LogP contribution in [0.25, 0.3) is 0 Å². The van der Waals surface area contributed by atoms with E-state index in [1.807, 2.05) is 37.3 Å². The molecule has 1 aliphatic heterocycles. The van der Waals surface area contributed by atoms with Crippen LogP contribution in [-0.4, -0.2) is 53.5 Å². The highest BCUT2D eigenvalue weighted by Crippen LogP contribution is 2.17. The molecular formula is C18H22ClN5O. The van der Waals surface area contributed by atoms with Gasteiger partial charge in [0.15, 0.2) is 0 Å². The normalized spacial score (nSPS) is 16.5. The summed E-state index contributed by atoms with van der Waals surface area (Å²) in [5.41, 5.74) is 1.01. The van der Waals surface area contributed by atoms with Gasteiger partial charge < -0.3 is 10.2 Å². The lowest BCUT2D eigenvalue weighted by Gasteiger charge is -2.34. The van der Waals surface area contributed by atoms with Gasteiger partial charge in [0, 0.05) is 43.6 Å². The maximum absolute atomic E-state index is 12.3. The summed E-state index contributed by atoms with van der Waals surface area (Å²) in [5.74, 6) is 0.776. The Kier molecular flexibility index (Phi) is 5.83. The summed E-state index contributed by atoms with van der Waals surface area (Å²) in [7, 11) is 0. The van der Waals surface area contributed by atoms with E-state index in [2.05, 4.69) is 25.1 Å². The second-order valence-electron chi connectivity index (χ2n) is 6.16. The molecule has 0 bridgehead atoms. The van der Waals surface area contributed by atoms with Crippen LogP contribution in [-0.2, 0) is 4.79 Å². The summed E-state index contributed by atoms with van der Waals surface area (Å²) in [5, 5.41) is 3.71. The van der Waals surface area contributed by atoms with Crippen molar-refractivity contribution in [3.8, 4) is 0 Å². The first kappa shape index (κ1) is 17.6. The fourth-order valence-electron chi connectivity index (χ4n) is 2.91. The number of anilines is 1. The van der Waals surface area contributed by atoms with E-state index < -0.39 is 0 Å². The van der Waals surface area contributed by atoms with Crippen molar-refractivity contribution in [3.63, 3.8) is 0 Å². The van der Waals surface area contributed by atoms with Gasteiger partial charge in [-0.05, 0) is 30.7 Å². The van der Waals surface area contributed by atoms with Crippen molar-refractivity contribution in [2.24, 2.45) is 0 Å². The molecule has 7 heteroatoms. The Morgan fingerprint density at radius 1 is 1.20 bits per heavy atom. The highest BCUT2D eigenvalue weighted by molar-refractivity contribution is 6.30. The van der Waals surface area contributed by atoms with E-state index in [4.69, 9.17) is 11.6 Å². The molecule has 25 heavy (non-hydrogen) atoms. The smallest absolute Gasteiger partial charge is 0.234 e. The standard InChI is InChI=1S/C18H22ClN5O/c1-14(15-4-2-5-16(19)12-15)22-17(25)13-23-8-10-24(11-9-23)18-20-6-3-7-21-18/h2-7,12,14H,8-11,13H2,1H3,(H,22,25)/t14-/m1/s1. The van der Waals surface area contributed by atoms with Crippen LogP contribution in [0.2, 0.25) is 5.02 Å². The predicted molar refractivity (Wildman–Crippen MR) is 98.7 cm³/mol. The Bertz CT molecular complexity index is 704. The average molecular weight is 360 g/mol. The van der Waals surface area contributed by atoms with Crippen molar-refractivity contribution in [1.29, 1.82) is 0 Å². The maximum atomic E-state index is 12.3. The Balaban J connectivity index is 1.46. The first-order chi connectivity index (χ1) is 12.1. The first-order valence-electron chi connectivity index (χ1n) is 8.41. The van der Waals surface area contributed by atoms with Crippen LogP contribution in [0.3, 0.4) is 0 Å². The number of nitrogens with zero attached hydrogens (tertiary/aromatic N) is 4. The summed E-state index contributed by atoms with van der Waals surface area (Å²) >= 11 is 6.01. The zero-order valence-corrected chi connectivity index (χ0v) is 15.0. The highest BCUT2D eigenvalue weighted by Gasteiger charge is 2.21. The summed E-state index contributed by atoms with van der Waals surface area (Å²) in [4.78, 5) is 25.2. The fourth-order valence-corrected chi connectivity index (χ4v) is 3.11. The lowest BCUT2D eigenvalue weighted by molar-refractivity contribution is -0.123. The van der Waals surface area contributed by atoms with E-state index >= 15 is 0 Å². The van der Waals surface area contributed by atoms with Gasteiger partial charge in [0.05, 0.1) is 12.6 Å². The van der Waals surface area contributed by atoms with Gasteiger partial charge in [-0.2, -0.15) is 0 Å². The van der Waals surface area contributed by atoms with Gasteiger partial charge in [-0.15, -0.1) is 0 Å². The molecule has 2 aromatic rings. The quantitative estimate of drug-likeness (QED) is 0.886. The number of piperazine rings is 1. The van der Waals surface area contributed by atoms with Crippen molar-refractivity contribution in [2.75, 3.05) is 37.6 Å². The monoisotopic (exact) mass is 359 g/mol. The van der Waals surface area contributed by atoms with Crippen LogP contribution in [0.4, 0.5) is 5.95 Å². The van der Waals surface area contributed by atoms with Gasteiger partial charge in [0.2, 0.25) is 11.9 Å². The fraction of sp³-hybridized carbons (Fsp3) is 0.389. The van der Waals surface area contributed by atoms with Crippen LogP contribution in [0.5, 0.6) is 0 Å². The minimum Gasteiger partial charge on any atom is -0.348 e. The van der Waals surface area contributed by atoms with Crippen LogP contribution in [0, 0.1) is 0 Å². The first-order valence-corrected chi connectivity index (χ1v) is 8.79. The van der Waals surface area contributed by atoms with E-state index in [-0.39, 0.29) is 11.9 Å². The van der Waals surface area contributed by atoms with Gasteiger partial charge in [-0.3, -0.25) is 9.69 Å². The van der Waals surface area contributed by atoms with Crippen LogP contribution in [0.1, 0.15) is 18.5 Å². The molecule has 0 unspecified atom stereocenters.